The maximum Gasteiger partial charge on any atom is 0.326 e. The van der Waals surface area contributed by atoms with Crippen molar-refractivity contribution in [1.82, 2.24) is 4.90 Å². The molecule has 0 aromatic heterocycles. The minimum absolute atomic E-state index is 0.105. The Hall–Kier alpha value is -1.55. The van der Waals surface area contributed by atoms with Gasteiger partial charge >= 0.3 is 5.97 Å². The van der Waals surface area contributed by atoms with E-state index in [2.05, 4.69) is 11.0 Å². The highest BCUT2D eigenvalue weighted by atomic mass is 16.6. The van der Waals surface area contributed by atoms with Gasteiger partial charge in [0.2, 0.25) is 0 Å². The Balaban J connectivity index is 1.89. The number of carbonyl (C=O) groups excluding carboxylic acids is 1. The Kier molecular flexibility index (Phi) is 4.13. The highest BCUT2D eigenvalue weighted by Gasteiger charge is 2.49. The second-order valence-corrected chi connectivity index (χ2v) is 7.76. The lowest BCUT2D eigenvalue weighted by Gasteiger charge is -2.42. The SMILES string of the molecule is CC(C)(C)OC(=O)[C@]1(C)CCCN1[C@@H]1CCOc2ccccc21. The van der Waals surface area contributed by atoms with Crippen LogP contribution >= 0.6 is 0 Å². The number of carbonyl (C=O) groups is 1. The summed E-state index contributed by atoms with van der Waals surface area (Å²) in [6.07, 6.45) is 2.78. The highest BCUT2D eigenvalue weighted by molar-refractivity contribution is 5.81. The number of fused-ring (bicyclic) bond motifs is 1. The molecular weight excluding hydrogens is 290 g/mol. The van der Waals surface area contributed by atoms with E-state index in [0.717, 1.165) is 31.6 Å². The van der Waals surface area contributed by atoms with E-state index in [1.165, 1.54) is 5.56 Å². The van der Waals surface area contributed by atoms with E-state index in [-0.39, 0.29) is 12.0 Å². The van der Waals surface area contributed by atoms with Crippen LogP contribution in [0.4, 0.5) is 0 Å². The Labute approximate surface area is 138 Å². The number of hydrogen-bond donors (Lipinski definition) is 0. The number of likely N-dealkylation sites (tertiary alicyclic amines) is 1. The molecule has 3 rings (SSSR count). The first-order valence-corrected chi connectivity index (χ1v) is 8.53. The van der Waals surface area contributed by atoms with E-state index in [1.807, 2.05) is 45.9 Å². The van der Waals surface area contributed by atoms with Crippen LogP contribution in [0.1, 0.15) is 58.6 Å². The predicted molar refractivity (Wildman–Crippen MR) is 89.5 cm³/mol. The van der Waals surface area contributed by atoms with Crippen molar-refractivity contribution < 1.29 is 14.3 Å². The molecule has 1 saturated heterocycles. The fourth-order valence-electron chi connectivity index (χ4n) is 3.74. The third kappa shape index (κ3) is 3.09. The molecule has 0 radical (unpaired) electrons. The van der Waals surface area contributed by atoms with Crippen molar-refractivity contribution in [3.8, 4) is 5.75 Å². The molecule has 0 spiro atoms. The Morgan fingerprint density at radius 1 is 1.35 bits per heavy atom. The minimum atomic E-state index is -0.553. The first-order chi connectivity index (χ1) is 10.8. The van der Waals surface area contributed by atoms with Crippen LogP contribution in [0, 0.1) is 0 Å². The average Bonchev–Trinajstić information content (AvgIpc) is 2.88. The molecule has 4 nitrogen and oxygen atoms in total. The first kappa shape index (κ1) is 16.3. The van der Waals surface area contributed by atoms with Crippen LogP contribution in [0.2, 0.25) is 0 Å². The Bertz CT molecular complexity index is 593. The molecule has 126 valence electrons. The largest absolute Gasteiger partial charge is 0.493 e. The Morgan fingerprint density at radius 2 is 2.09 bits per heavy atom. The monoisotopic (exact) mass is 317 g/mol. The fraction of sp³-hybridized carbons (Fsp3) is 0.632. The van der Waals surface area contributed by atoms with Gasteiger partial charge in [-0.1, -0.05) is 18.2 Å². The summed E-state index contributed by atoms with van der Waals surface area (Å²) in [5.74, 6) is 0.841. The van der Waals surface area contributed by atoms with E-state index in [4.69, 9.17) is 9.47 Å². The lowest BCUT2D eigenvalue weighted by atomic mass is 9.92. The van der Waals surface area contributed by atoms with Crippen LogP contribution in [0.3, 0.4) is 0 Å². The van der Waals surface area contributed by atoms with E-state index >= 15 is 0 Å². The van der Waals surface area contributed by atoms with Crippen molar-refractivity contribution in [2.24, 2.45) is 0 Å². The van der Waals surface area contributed by atoms with Gasteiger partial charge < -0.3 is 9.47 Å². The topological polar surface area (TPSA) is 38.8 Å². The van der Waals surface area contributed by atoms with E-state index in [9.17, 15) is 4.79 Å². The Morgan fingerprint density at radius 3 is 2.83 bits per heavy atom. The molecule has 1 aromatic carbocycles. The van der Waals surface area contributed by atoms with Gasteiger partial charge in [0.15, 0.2) is 0 Å². The molecule has 23 heavy (non-hydrogen) atoms. The predicted octanol–water partition coefficient (Wildman–Crippen LogP) is 3.71. The summed E-state index contributed by atoms with van der Waals surface area (Å²) >= 11 is 0. The maximum absolute atomic E-state index is 12.9. The van der Waals surface area contributed by atoms with E-state index in [0.29, 0.717) is 6.61 Å². The molecule has 2 aliphatic rings. The summed E-state index contributed by atoms with van der Waals surface area (Å²) in [7, 11) is 0. The summed E-state index contributed by atoms with van der Waals surface area (Å²) < 4.78 is 11.5. The summed E-state index contributed by atoms with van der Waals surface area (Å²) in [6.45, 7) is 9.44. The van der Waals surface area contributed by atoms with Crippen molar-refractivity contribution in [3.63, 3.8) is 0 Å². The molecule has 0 bridgehead atoms. The average molecular weight is 317 g/mol. The molecule has 4 heteroatoms. The van der Waals surface area contributed by atoms with Crippen LogP contribution in [0.5, 0.6) is 5.75 Å². The molecule has 1 fully saturated rings. The summed E-state index contributed by atoms with van der Waals surface area (Å²) in [4.78, 5) is 15.2. The van der Waals surface area contributed by atoms with Gasteiger partial charge in [-0.2, -0.15) is 0 Å². The van der Waals surface area contributed by atoms with Gasteiger partial charge in [0, 0.05) is 18.0 Å². The summed E-state index contributed by atoms with van der Waals surface area (Å²) in [6, 6.07) is 8.40. The lowest BCUT2D eigenvalue weighted by Crippen LogP contribution is -2.52. The van der Waals surface area contributed by atoms with Crippen molar-refractivity contribution in [2.75, 3.05) is 13.2 Å². The minimum Gasteiger partial charge on any atom is -0.493 e. The number of nitrogens with zero attached hydrogens (tertiary/aromatic N) is 1. The quantitative estimate of drug-likeness (QED) is 0.780. The second kappa shape index (κ2) is 5.82. The zero-order chi connectivity index (χ0) is 16.7. The van der Waals surface area contributed by atoms with Gasteiger partial charge in [0.25, 0.3) is 0 Å². The van der Waals surface area contributed by atoms with Gasteiger partial charge in [-0.25, -0.2) is 0 Å². The van der Waals surface area contributed by atoms with Gasteiger partial charge in [-0.3, -0.25) is 9.69 Å². The third-order valence-electron chi connectivity index (χ3n) is 4.84. The van der Waals surface area contributed by atoms with Gasteiger partial charge in [0.05, 0.1) is 6.61 Å². The first-order valence-electron chi connectivity index (χ1n) is 8.53. The second-order valence-electron chi connectivity index (χ2n) is 7.76. The molecule has 0 aliphatic carbocycles. The molecular formula is C19H27NO3. The normalized spacial score (nSPS) is 28.1. The van der Waals surface area contributed by atoms with Crippen LogP contribution in [-0.2, 0) is 9.53 Å². The molecule has 0 N–H and O–H groups in total. The molecule has 2 heterocycles. The smallest absolute Gasteiger partial charge is 0.326 e. The number of ether oxygens (including phenoxy) is 2. The van der Waals surface area contributed by atoms with Crippen molar-refractivity contribution >= 4 is 5.97 Å². The maximum atomic E-state index is 12.9. The molecule has 0 saturated carbocycles. The highest BCUT2D eigenvalue weighted by Crippen LogP contribution is 2.44. The fourth-order valence-corrected chi connectivity index (χ4v) is 3.74. The van der Waals surface area contributed by atoms with E-state index in [1.54, 1.807) is 0 Å². The van der Waals surface area contributed by atoms with E-state index < -0.39 is 11.1 Å². The van der Waals surface area contributed by atoms with Gasteiger partial charge in [-0.15, -0.1) is 0 Å². The summed E-state index contributed by atoms with van der Waals surface area (Å²) in [5, 5.41) is 0. The van der Waals surface area contributed by atoms with Crippen LogP contribution in [-0.4, -0.2) is 35.2 Å². The third-order valence-corrected chi connectivity index (χ3v) is 4.84. The van der Waals surface area contributed by atoms with Crippen LogP contribution in [0.15, 0.2) is 24.3 Å². The van der Waals surface area contributed by atoms with Gasteiger partial charge in [0.1, 0.15) is 16.9 Å². The molecule has 2 atom stereocenters. The lowest BCUT2D eigenvalue weighted by molar-refractivity contribution is -0.169. The van der Waals surface area contributed by atoms with Crippen molar-refractivity contribution in [2.45, 2.75) is 64.1 Å². The zero-order valence-corrected chi connectivity index (χ0v) is 14.6. The molecule has 2 aliphatic heterocycles. The zero-order valence-electron chi connectivity index (χ0n) is 14.6. The number of rotatable bonds is 2. The standard InChI is InChI=1S/C19H27NO3/c1-18(2,3)23-17(21)19(4)11-7-12-20(19)15-10-13-22-16-9-6-5-8-14(15)16/h5-6,8-9,15H,7,10-13H2,1-4H3/t15-,19+/m1/s1. The van der Waals surface area contributed by atoms with Crippen LogP contribution < -0.4 is 4.74 Å². The summed E-state index contributed by atoms with van der Waals surface area (Å²) in [5.41, 5.74) is 0.181. The van der Waals surface area contributed by atoms with Crippen molar-refractivity contribution in [1.29, 1.82) is 0 Å². The number of para-hydroxylation sites is 1. The molecule has 0 amide bonds. The number of benzene rings is 1. The van der Waals surface area contributed by atoms with Crippen molar-refractivity contribution in [3.05, 3.63) is 29.8 Å². The number of esters is 1. The molecule has 1 aromatic rings. The molecule has 0 unspecified atom stereocenters. The van der Waals surface area contributed by atoms with Crippen LogP contribution in [0.25, 0.3) is 0 Å². The number of hydrogen-bond acceptors (Lipinski definition) is 4. The van der Waals surface area contributed by atoms with Gasteiger partial charge in [-0.05, 0) is 53.1 Å².